The lowest BCUT2D eigenvalue weighted by Gasteiger charge is -2.47. The minimum Gasteiger partial charge on any atom is -0.319 e. The van der Waals surface area contributed by atoms with E-state index < -0.39 is 12.2 Å². The number of piperidine rings is 1. The lowest BCUT2D eigenvalue weighted by molar-refractivity contribution is -0.933. The number of hydrogen-bond donors (Lipinski definition) is 0. The summed E-state index contributed by atoms with van der Waals surface area (Å²) < 4.78 is 39.0. The van der Waals surface area contributed by atoms with Crippen LogP contribution in [0.2, 0.25) is 0 Å². The number of rotatable bonds is 0. The van der Waals surface area contributed by atoms with E-state index in [1.54, 1.807) is 14.1 Å². The Morgan fingerprint density at radius 1 is 1.06 bits per heavy atom. The molecular formula is C12H23F3N+. The van der Waals surface area contributed by atoms with Gasteiger partial charge in [0, 0.05) is 12.8 Å². The van der Waals surface area contributed by atoms with Gasteiger partial charge in [0.25, 0.3) is 0 Å². The SMILES string of the molecule is CC(C)(C)C1CC[N+](C)(C)C(C(F)(F)F)C1. The standard InChI is InChI=1S/C12H23F3N/c1-11(2,3)9-6-7-16(4,5)10(8-9)12(13,14)15/h9-10H,6-8H2,1-5H3/q+1. The van der Waals surface area contributed by atoms with Gasteiger partial charge in [-0.25, -0.2) is 0 Å². The number of quaternary nitrogens is 1. The quantitative estimate of drug-likeness (QED) is 0.567. The predicted molar refractivity (Wildman–Crippen MR) is 59.0 cm³/mol. The van der Waals surface area contributed by atoms with Crippen LogP contribution in [0, 0.1) is 11.3 Å². The molecule has 0 N–H and O–H groups in total. The van der Waals surface area contributed by atoms with Crippen LogP contribution in [0.4, 0.5) is 13.2 Å². The maximum absolute atomic E-state index is 13.0. The van der Waals surface area contributed by atoms with Gasteiger partial charge in [0.05, 0.1) is 20.6 Å². The fourth-order valence-corrected chi connectivity index (χ4v) is 2.63. The topological polar surface area (TPSA) is 0 Å². The molecule has 1 fully saturated rings. The lowest BCUT2D eigenvalue weighted by atomic mass is 9.72. The van der Waals surface area contributed by atoms with E-state index in [2.05, 4.69) is 0 Å². The van der Waals surface area contributed by atoms with Crippen molar-refractivity contribution in [2.75, 3.05) is 20.6 Å². The molecule has 0 aromatic heterocycles. The molecule has 0 aliphatic carbocycles. The van der Waals surface area contributed by atoms with Crippen molar-refractivity contribution in [2.45, 2.75) is 45.8 Å². The first kappa shape index (κ1) is 13.8. The van der Waals surface area contributed by atoms with Crippen molar-refractivity contribution in [3.63, 3.8) is 0 Å². The molecule has 0 aromatic rings. The molecular weight excluding hydrogens is 215 g/mol. The van der Waals surface area contributed by atoms with E-state index in [0.717, 1.165) is 6.42 Å². The Labute approximate surface area is 96.2 Å². The predicted octanol–water partition coefficient (Wildman–Crippen LogP) is 3.45. The highest BCUT2D eigenvalue weighted by Gasteiger charge is 2.54. The molecule has 0 bridgehead atoms. The van der Waals surface area contributed by atoms with Crippen molar-refractivity contribution in [3.05, 3.63) is 0 Å². The van der Waals surface area contributed by atoms with Gasteiger partial charge in [-0.1, -0.05) is 20.8 Å². The fourth-order valence-electron chi connectivity index (χ4n) is 2.63. The molecule has 0 radical (unpaired) electrons. The minimum atomic E-state index is -4.08. The number of alkyl halides is 3. The molecule has 1 heterocycles. The minimum absolute atomic E-state index is 0.0239. The molecule has 96 valence electrons. The molecule has 1 rings (SSSR count). The molecule has 2 unspecified atom stereocenters. The van der Waals surface area contributed by atoms with Gasteiger partial charge >= 0.3 is 6.18 Å². The molecule has 0 saturated carbocycles. The summed E-state index contributed by atoms with van der Waals surface area (Å²) in [7, 11) is 3.38. The highest BCUT2D eigenvalue weighted by molar-refractivity contribution is 4.83. The van der Waals surface area contributed by atoms with Crippen molar-refractivity contribution in [2.24, 2.45) is 11.3 Å². The van der Waals surface area contributed by atoms with E-state index in [4.69, 9.17) is 0 Å². The summed E-state index contributed by atoms with van der Waals surface area (Å²) in [6, 6.07) is -1.20. The molecule has 0 amide bonds. The van der Waals surface area contributed by atoms with Gasteiger partial charge in [-0.05, 0) is 11.3 Å². The summed E-state index contributed by atoms with van der Waals surface area (Å²) in [5, 5.41) is 0. The van der Waals surface area contributed by atoms with Crippen LogP contribution >= 0.6 is 0 Å². The third-order valence-electron chi connectivity index (χ3n) is 4.01. The Bertz CT molecular complexity index is 250. The van der Waals surface area contributed by atoms with Crippen molar-refractivity contribution < 1.29 is 17.7 Å². The molecule has 0 spiro atoms. The van der Waals surface area contributed by atoms with Gasteiger partial charge < -0.3 is 4.48 Å². The van der Waals surface area contributed by atoms with Crippen LogP contribution in [0.5, 0.6) is 0 Å². The molecule has 1 nitrogen and oxygen atoms in total. The maximum Gasteiger partial charge on any atom is 0.441 e. The van der Waals surface area contributed by atoms with Gasteiger partial charge in [0.15, 0.2) is 6.04 Å². The second-order valence-corrected chi connectivity index (χ2v) is 6.65. The largest absolute Gasteiger partial charge is 0.441 e. The summed E-state index contributed by atoms with van der Waals surface area (Å²) in [5.41, 5.74) is -0.0239. The third-order valence-corrected chi connectivity index (χ3v) is 4.01. The molecule has 1 aliphatic heterocycles. The van der Waals surface area contributed by atoms with E-state index in [1.807, 2.05) is 20.8 Å². The van der Waals surface area contributed by atoms with E-state index >= 15 is 0 Å². The Balaban J connectivity index is 2.87. The molecule has 0 aromatic carbocycles. The van der Waals surface area contributed by atoms with Crippen LogP contribution in [0.25, 0.3) is 0 Å². The van der Waals surface area contributed by atoms with Crippen molar-refractivity contribution in [3.8, 4) is 0 Å². The number of likely N-dealkylation sites (tertiary alicyclic amines) is 1. The summed E-state index contributed by atoms with van der Waals surface area (Å²) in [5.74, 6) is 0.172. The average molecular weight is 238 g/mol. The molecule has 4 heteroatoms. The van der Waals surface area contributed by atoms with Crippen LogP contribution in [0.3, 0.4) is 0 Å². The Hall–Kier alpha value is -0.250. The highest BCUT2D eigenvalue weighted by atomic mass is 19.4. The summed E-state index contributed by atoms with van der Waals surface area (Å²) >= 11 is 0. The van der Waals surface area contributed by atoms with Crippen LogP contribution in [-0.2, 0) is 0 Å². The van der Waals surface area contributed by atoms with E-state index in [0.29, 0.717) is 6.54 Å². The highest BCUT2D eigenvalue weighted by Crippen LogP contribution is 2.43. The van der Waals surface area contributed by atoms with Crippen molar-refractivity contribution in [1.29, 1.82) is 0 Å². The monoisotopic (exact) mass is 238 g/mol. The summed E-state index contributed by atoms with van der Waals surface area (Å²) in [4.78, 5) is 0. The molecule has 1 aliphatic rings. The van der Waals surface area contributed by atoms with E-state index in [-0.39, 0.29) is 22.2 Å². The van der Waals surface area contributed by atoms with Gasteiger partial charge in [0.2, 0.25) is 0 Å². The average Bonchev–Trinajstić information content (AvgIpc) is 1.98. The van der Waals surface area contributed by atoms with Gasteiger partial charge in [-0.15, -0.1) is 0 Å². The number of nitrogens with zero attached hydrogens (tertiary/aromatic N) is 1. The van der Waals surface area contributed by atoms with E-state index in [9.17, 15) is 13.2 Å². The Kier molecular flexibility index (Phi) is 3.36. The number of halogens is 3. The van der Waals surface area contributed by atoms with Crippen LogP contribution in [-0.4, -0.2) is 37.3 Å². The smallest absolute Gasteiger partial charge is 0.319 e. The zero-order valence-electron chi connectivity index (χ0n) is 10.9. The van der Waals surface area contributed by atoms with E-state index in [1.165, 1.54) is 0 Å². The zero-order chi connectivity index (χ0) is 12.8. The van der Waals surface area contributed by atoms with Gasteiger partial charge in [-0.2, -0.15) is 13.2 Å². The lowest BCUT2D eigenvalue weighted by Crippen LogP contribution is -2.61. The van der Waals surface area contributed by atoms with Gasteiger partial charge in [0.1, 0.15) is 0 Å². The maximum atomic E-state index is 13.0. The molecule has 16 heavy (non-hydrogen) atoms. The van der Waals surface area contributed by atoms with Gasteiger partial charge in [-0.3, -0.25) is 0 Å². The molecule has 2 atom stereocenters. The zero-order valence-corrected chi connectivity index (χ0v) is 10.9. The first-order valence-electron chi connectivity index (χ1n) is 5.84. The molecule has 1 saturated heterocycles. The van der Waals surface area contributed by atoms with Crippen LogP contribution in [0.15, 0.2) is 0 Å². The second kappa shape index (κ2) is 3.90. The Morgan fingerprint density at radius 2 is 1.56 bits per heavy atom. The summed E-state index contributed by atoms with van der Waals surface area (Å²) in [6.45, 7) is 6.73. The first-order valence-corrected chi connectivity index (χ1v) is 5.84. The third kappa shape index (κ3) is 2.90. The normalized spacial score (nSPS) is 31.5. The number of hydrogen-bond acceptors (Lipinski definition) is 0. The van der Waals surface area contributed by atoms with Crippen molar-refractivity contribution >= 4 is 0 Å². The summed E-state index contributed by atoms with van der Waals surface area (Å²) in [6.07, 6.45) is -2.92. The van der Waals surface area contributed by atoms with Crippen molar-refractivity contribution in [1.82, 2.24) is 0 Å². The van der Waals surface area contributed by atoms with Crippen LogP contribution < -0.4 is 0 Å². The second-order valence-electron chi connectivity index (χ2n) is 6.65. The Morgan fingerprint density at radius 3 is 1.94 bits per heavy atom. The fraction of sp³-hybridized carbons (Fsp3) is 1.00. The first-order chi connectivity index (χ1) is 6.94. The van der Waals surface area contributed by atoms with Crippen LogP contribution in [0.1, 0.15) is 33.6 Å².